The van der Waals surface area contributed by atoms with E-state index in [9.17, 15) is 9.90 Å². The van der Waals surface area contributed by atoms with Crippen molar-refractivity contribution in [2.24, 2.45) is 0 Å². The van der Waals surface area contributed by atoms with Crippen molar-refractivity contribution in [1.82, 2.24) is 4.57 Å². The largest absolute Gasteiger partial charge is 0.508 e. The van der Waals surface area contributed by atoms with E-state index < -0.39 is 5.63 Å². The Hall–Kier alpha value is -2.56. The zero-order valence-corrected chi connectivity index (χ0v) is 12.5. The Kier molecular flexibility index (Phi) is 3.96. The van der Waals surface area contributed by atoms with Crippen LogP contribution in [0.5, 0.6) is 5.75 Å². The summed E-state index contributed by atoms with van der Waals surface area (Å²) in [4.78, 5) is 11.7. The molecule has 1 aromatic carbocycles. The van der Waals surface area contributed by atoms with Gasteiger partial charge in [-0.05, 0) is 18.6 Å². The molecule has 0 atom stereocenters. The number of benzene rings is 1. The first-order valence-electron chi connectivity index (χ1n) is 7.46. The molecule has 114 valence electrons. The summed E-state index contributed by atoms with van der Waals surface area (Å²) in [6.45, 7) is 3.75. The fourth-order valence-electron chi connectivity index (χ4n) is 2.55. The number of aromatic hydroxyl groups is 1. The van der Waals surface area contributed by atoms with Crippen LogP contribution in [-0.2, 0) is 13.1 Å². The van der Waals surface area contributed by atoms with E-state index in [2.05, 4.69) is 11.5 Å². The number of imidazole rings is 1. The Bertz CT molecular complexity index is 848. The molecular formula is C17H19N2O3+. The van der Waals surface area contributed by atoms with E-state index >= 15 is 0 Å². The van der Waals surface area contributed by atoms with Crippen molar-refractivity contribution in [3.05, 3.63) is 59.0 Å². The fraction of sp³-hybridized carbons (Fsp3) is 0.294. The summed E-state index contributed by atoms with van der Waals surface area (Å²) in [6, 6.07) is 6.35. The topological polar surface area (TPSA) is 59.2 Å². The lowest BCUT2D eigenvalue weighted by molar-refractivity contribution is -0.687. The molecule has 0 aliphatic carbocycles. The van der Waals surface area contributed by atoms with Gasteiger partial charge in [0.05, 0.1) is 6.54 Å². The van der Waals surface area contributed by atoms with E-state index in [1.807, 2.05) is 23.3 Å². The highest BCUT2D eigenvalue weighted by atomic mass is 16.4. The van der Waals surface area contributed by atoms with Crippen LogP contribution >= 0.6 is 0 Å². The molecule has 0 saturated heterocycles. The Labute approximate surface area is 128 Å². The fourth-order valence-corrected chi connectivity index (χ4v) is 2.55. The molecule has 0 radical (unpaired) electrons. The van der Waals surface area contributed by atoms with Crippen LogP contribution in [0.2, 0.25) is 0 Å². The Morgan fingerprint density at radius 1 is 1.32 bits per heavy atom. The molecule has 2 aromatic heterocycles. The van der Waals surface area contributed by atoms with Gasteiger partial charge in [0.15, 0.2) is 0 Å². The lowest BCUT2D eigenvalue weighted by Gasteiger charge is -2.03. The zero-order valence-electron chi connectivity index (χ0n) is 12.5. The van der Waals surface area contributed by atoms with Crippen LogP contribution in [0.1, 0.15) is 25.3 Å². The second-order valence-corrected chi connectivity index (χ2v) is 5.45. The number of rotatable bonds is 5. The van der Waals surface area contributed by atoms with E-state index in [1.165, 1.54) is 12.1 Å². The molecule has 3 aromatic rings. The van der Waals surface area contributed by atoms with Crippen molar-refractivity contribution < 1.29 is 14.1 Å². The average Bonchev–Trinajstić information content (AvgIpc) is 2.92. The Balaban J connectivity index is 1.93. The number of nitrogens with zero attached hydrogens (tertiary/aromatic N) is 2. The van der Waals surface area contributed by atoms with Gasteiger partial charge in [-0.1, -0.05) is 13.3 Å². The van der Waals surface area contributed by atoms with E-state index in [1.54, 1.807) is 12.1 Å². The molecule has 0 spiro atoms. The SMILES string of the molecule is CCCCn1cc[n+](Cc2cc(=O)oc3cc(O)ccc23)c1. The summed E-state index contributed by atoms with van der Waals surface area (Å²) in [5, 5.41) is 10.4. The monoisotopic (exact) mass is 299 g/mol. The normalized spacial score (nSPS) is 11.1. The summed E-state index contributed by atoms with van der Waals surface area (Å²) in [5.41, 5.74) is 0.886. The highest BCUT2D eigenvalue weighted by Gasteiger charge is 2.10. The van der Waals surface area contributed by atoms with Gasteiger partial charge in [-0.2, -0.15) is 0 Å². The number of phenolic OH excluding ortho intramolecular Hbond substituents is 1. The van der Waals surface area contributed by atoms with Gasteiger partial charge in [0, 0.05) is 23.1 Å². The predicted molar refractivity (Wildman–Crippen MR) is 82.8 cm³/mol. The number of aromatic nitrogens is 2. The van der Waals surface area contributed by atoms with Crippen LogP contribution in [-0.4, -0.2) is 9.67 Å². The molecule has 5 heteroatoms. The highest BCUT2D eigenvalue weighted by Crippen LogP contribution is 2.21. The zero-order chi connectivity index (χ0) is 15.5. The molecule has 1 N–H and O–H groups in total. The van der Waals surface area contributed by atoms with E-state index in [0.717, 1.165) is 30.3 Å². The molecule has 0 bridgehead atoms. The molecule has 2 heterocycles. The van der Waals surface area contributed by atoms with Crippen molar-refractivity contribution in [3.63, 3.8) is 0 Å². The van der Waals surface area contributed by atoms with Gasteiger partial charge in [-0.3, -0.25) is 0 Å². The molecule has 0 unspecified atom stereocenters. The van der Waals surface area contributed by atoms with Crippen LogP contribution < -0.4 is 10.2 Å². The standard InChI is InChI=1S/C17H18N2O3/c1-2-3-6-18-7-8-19(12-18)11-13-9-17(21)22-16-10-14(20)4-5-15(13)16/h4-5,7-10,12H,2-3,6,11H2,1H3/p+1. The molecule has 3 rings (SSSR count). The van der Waals surface area contributed by atoms with Gasteiger partial charge in [0.2, 0.25) is 6.33 Å². The third-order valence-corrected chi connectivity index (χ3v) is 3.68. The van der Waals surface area contributed by atoms with Gasteiger partial charge in [-0.25, -0.2) is 13.9 Å². The van der Waals surface area contributed by atoms with Crippen molar-refractivity contribution in [2.45, 2.75) is 32.9 Å². The minimum absolute atomic E-state index is 0.0890. The maximum atomic E-state index is 11.7. The third-order valence-electron chi connectivity index (χ3n) is 3.68. The first-order valence-corrected chi connectivity index (χ1v) is 7.46. The second kappa shape index (κ2) is 6.05. The van der Waals surface area contributed by atoms with Crippen molar-refractivity contribution >= 4 is 11.0 Å². The minimum atomic E-state index is -0.404. The number of aryl methyl sites for hydroxylation is 1. The van der Waals surface area contributed by atoms with E-state index in [4.69, 9.17) is 4.42 Å². The number of hydrogen-bond donors (Lipinski definition) is 1. The summed E-state index contributed by atoms with van der Waals surface area (Å²) in [6.07, 6.45) is 8.38. The maximum Gasteiger partial charge on any atom is 0.336 e. The molecule has 5 nitrogen and oxygen atoms in total. The summed E-state index contributed by atoms with van der Waals surface area (Å²) in [5.74, 6) is 0.0890. The van der Waals surface area contributed by atoms with Crippen molar-refractivity contribution in [2.75, 3.05) is 0 Å². The first kappa shape index (κ1) is 14.4. The summed E-state index contributed by atoms with van der Waals surface area (Å²) < 4.78 is 9.33. The average molecular weight is 299 g/mol. The van der Waals surface area contributed by atoms with E-state index in [-0.39, 0.29) is 5.75 Å². The summed E-state index contributed by atoms with van der Waals surface area (Å²) >= 11 is 0. The van der Waals surface area contributed by atoms with Gasteiger partial charge in [0.1, 0.15) is 30.3 Å². The number of unbranched alkanes of at least 4 members (excludes halogenated alkanes) is 1. The van der Waals surface area contributed by atoms with Gasteiger partial charge < -0.3 is 9.52 Å². The number of fused-ring (bicyclic) bond motifs is 1. The Morgan fingerprint density at radius 3 is 3.00 bits per heavy atom. The van der Waals surface area contributed by atoms with Crippen LogP contribution in [0.15, 0.2) is 52.2 Å². The Morgan fingerprint density at radius 2 is 2.18 bits per heavy atom. The van der Waals surface area contributed by atoms with Gasteiger partial charge in [-0.15, -0.1) is 0 Å². The lowest BCUT2D eigenvalue weighted by atomic mass is 10.1. The van der Waals surface area contributed by atoms with Crippen LogP contribution in [0.3, 0.4) is 0 Å². The molecule has 0 aliphatic rings. The summed E-state index contributed by atoms with van der Waals surface area (Å²) in [7, 11) is 0. The first-order chi connectivity index (χ1) is 10.7. The maximum absolute atomic E-state index is 11.7. The molecular weight excluding hydrogens is 280 g/mol. The van der Waals surface area contributed by atoms with Crippen LogP contribution in [0.25, 0.3) is 11.0 Å². The van der Waals surface area contributed by atoms with E-state index in [0.29, 0.717) is 12.1 Å². The number of hydrogen-bond acceptors (Lipinski definition) is 3. The smallest absolute Gasteiger partial charge is 0.336 e. The lowest BCUT2D eigenvalue weighted by Crippen LogP contribution is -2.32. The van der Waals surface area contributed by atoms with Crippen molar-refractivity contribution in [1.29, 1.82) is 0 Å². The molecule has 22 heavy (non-hydrogen) atoms. The number of phenols is 1. The van der Waals surface area contributed by atoms with Gasteiger partial charge >= 0.3 is 5.63 Å². The second-order valence-electron chi connectivity index (χ2n) is 5.45. The minimum Gasteiger partial charge on any atom is -0.508 e. The van der Waals surface area contributed by atoms with Crippen LogP contribution in [0, 0.1) is 0 Å². The van der Waals surface area contributed by atoms with Crippen molar-refractivity contribution in [3.8, 4) is 5.75 Å². The predicted octanol–water partition coefficient (Wildman–Crippen LogP) is 2.44. The molecule has 0 fully saturated rings. The highest BCUT2D eigenvalue weighted by molar-refractivity contribution is 5.81. The molecule has 0 saturated carbocycles. The quantitative estimate of drug-likeness (QED) is 0.581. The van der Waals surface area contributed by atoms with Crippen LogP contribution in [0.4, 0.5) is 0 Å². The molecule has 0 aliphatic heterocycles. The van der Waals surface area contributed by atoms with Gasteiger partial charge in [0.25, 0.3) is 0 Å². The third kappa shape index (κ3) is 3.03. The molecule has 0 amide bonds.